The molecule has 1 aliphatic rings. The first-order valence-corrected chi connectivity index (χ1v) is 10.3. The van der Waals surface area contributed by atoms with Crippen molar-refractivity contribution >= 4 is 16.9 Å². The van der Waals surface area contributed by atoms with Crippen LogP contribution in [0.2, 0.25) is 0 Å². The molecule has 4 heteroatoms. The van der Waals surface area contributed by atoms with E-state index in [-0.39, 0.29) is 5.91 Å². The Morgan fingerprint density at radius 1 is 1.07 bits per heavy atom. The van der Waals surface area contributed by atoms with Crippen molar-refractivity contribution in [1.82, 2.24) is 14.9 Å². The van der Waals surface area contributed by atoms with Gasteiger partial charge in [-0.3, -0.25) is 4.79 Å². The van der Waals surface area contributed by atoms with E-state index < -0.39 is 0 Å². The van der Waals surface area contributed by atoms with Crippen LogP contribution in [-0.2, 0) is 6.42 Å². The van der Waals surface area contributed by atoms with Crippen LogP contribution in [0.15, 0.2) is 36.4 Å². The van der Waals surface area contributed by atoms with Crippen molar-refractivity contribution < 1.29 is 4.79 Å². The fourth-order valence-electron chi connectivity index (χ4n) is 4.20. The van der Waals surface area contributed by atoms with E-state index in [1.165, 1.54) is 30.4 Å². The van der Waals surface area contributed by atoms with Gasteiger partial charge in [-0.05, 0) is 67.6 Å². The number of rotatable bonds is 4. The highest BCUT2D eigenvalue weighted by Crippen LogP contribution is 2.23. The summed E-state index contributed by atoms with van der Waals surface area (Å²) in [4.78, 5) is 22.9. The fourth-order valence-corrected chi connectivity index (χ4v) is 4.20. The van der Waals surface area contributed by atoms with Gasteiger partial charge in [0.1, 0.15) is 5.82 Å². The molecule has 4 rings (SSSR count). The predicted octanol–water partition coefficient (Wildman–Crippen LogP) is 5.18. The molecule has 0 bridgehead atoms. The minimum Gasteiger partial charge on any atom is -0.342 e. The summed E-state index contributed by atoms with van der Waals surface area (Å²) in [5, 5.41) is 0. The van der Waals surface area contributed by atoms with Gasteiger partial charge in [0.15, 0.2) is 0 Å². The molecule has 3 aromatic rings. The molecule has 1 N–H and O–H groups in total. The summed E-state index contributed by atoms with van der Waals surface area (Å²) in [6, 6.07) is 12.7. The zero-order valence-electron chi connectivity index (χ0n) is 17.1. The number of aromatic nitrogens is 2. The third-order valence-electron chi connectivity index (χ3n) is 6.16. The van der Waals surface area contributed by atoms with Crippen molar-refractivity contribution in [1.29, 1.82) is 0 Å². The van der Waals surface area contributed by atoms with Gasteiger partial charge in [0.2, 0.25) is 0 Å². The van der Waals surface area contributed by atoms with Crippen molar-refractivity contribution in [3.63, 3.8) is 0 Å². The zero-order valence-corrected chi connectivity index (χ0v) is 17.1. The molecule has 2 aromatic carbocycles. The molecule has 28 heavy (non-hydrogen) atoms. The molecular formula is C24H29N3O. The zero-order chi connectivity index (χ0) is 19.7. The molecular weight excluding hydrogens is 346 g/mol. The van der Waals surface area contributed by atoms with Crippen molar-refractivity contribution in [2.45, 2.75) is 58.4 Å². The average molecular weight is 376 g/mol. The van der Waals surface area contributed by atoms with E-state index in [0.29, 0.717) is 6.04 Å². The van der Waals surface area contributed by atoms with Crippen LogP contribution in [0.1, 0.15) is 65.0 Å². The van der Waals surface area contributed by atoms with Crippen LogP contribution in [0.4, 0.5) is 0 Å². The van der Waals surface area contributed by atoms with E-state index in [1.54, 1.807) is 0 Å². The smallest absolute Gasteiger partial charge is 0.253 e. The Morgan fingerprint density at radius 2 is 1.75 bits per heavy atom. The Labute approximate surface area is 167 Å². The number of aryl methyl sites for hydroxylation is 2. The van der Waals surface area contributed by atoms with E-state index in [2.05, 4.69) is 31.0 Å². The summed E-state index contributed by atoms with van der Waals surface area (Å²) in [6.45, 7) is 4.23. The fraction of sp³-hybridized carbons (Fsp3) is 0.417. The quantitative estimate of drug-likeness (QED) is 0.683. The van der Waals surface area contributed by atoms with E-state index in [0.717, 1.165) is 47.2 Å². The first-order valence-electron chi connectivity index (χ1n) is 10.3. The number of nitrogens with one attached hydrogen (secondary N) is 1. The minimum absolute atomic E-state index is 0.133. The van der Waals surface area contributed by atoms with Crippen LogP contribution in [0, 0.1) is 13.8 Å². The van der Waals surface area contributed by atoms with Crippen LogP contribution < -0.4 is 0 Å². The molecule has 1 saturated carbocycles. The number of aromatic amines is 1. The number of carbonyl (C=O) groups is 1. The Bertz CT molecular complexity index is 942. The maximum atomic E-state index is 12.8. The Balaban J connectivity index is 1.46. The lowest BCUT2D eigenvalue weighted by molar-refractivity contribution is 0.0696. The molecule has 146 valence electrons. The van der Waals surface area contributed by atoms with Gasteiger partial charge < -0.3 is 9.88 Å². The number of benzene rings is 2. The number of nitrogens with zero attached hydrogens (tertiary/aromatic N) is 2. The number of imidazole rings is 1. The standard InChI is InChI=1S/C24H29N3O/c1-16-13-21-22(14-17(16)2)26-23(25-21)15-18-9-11-19(12-10-18)24(28)27(3)20-7-5-4-6-8-20/h9-14,20H,4-8,15H2,1-3H3,(H,25,26). The van der Waals surface area contributed by atoms with Gasteiger partial charge >= 0.3 is 0 Å². The number of H-pyrrole nitrogens is 1. The van der Waals surface area contributed by atoms with E-state index in [1.807, 2.05) is 36.2 Å². The van der Waals surface area contributed by atoms with Crippen molar-refractivity contribution in [2.24, 2.45) is 0 Å². The van der Waals surface area contributed by atoms with Crippen molar-refractivity contribution in [3.05, 3.63) is 64.5 Å². The van der Waals surface area contributed by atoms with Gasteiger partial charge in [-0.2, -0.15) is 0 Å². The molecule has 1 heterocycles. The topological polar surface area (TPSA) is 49.0 Å². The average Bonchev–Trinajstić information content (AvgIpc) is 3.09. The lowest BCUT2D eigenvalue weighted by Gasteiger charge is -2.31. The van der Waals surface area contributed by atoms with E-state index in [4.69, 9.17) is 4.98 Å². The summed E-state index contributed by atoms with van der Waals surface area (Å²) in [5.74, 6) is 1.09. The third kappa shape index (κ3) is 3.82. The normalized spacial score (nSPS) is 15.1. The number of carbonyl (C=O) groups excluding carboxylic acids is 1. The Hall–Kier alpha value is -2.62. The Morgan fingerprint density at radius 3 is 2.46 bits per heavy atom. The molecule has 1 amide bonds. The van der Waals surface area contributed by atoms with Crippen molar-refractivity contribution in [2.75, 3.05) is 7.05 Å². The van der Waals surface area contributed by atoms with Crippen LogP contribution in [0.5, 0.6) is 0 Å². The summed E-state index contributed by atoms with van der Waals surface area (Å²) >= 11 is 0. The molecule has 4 nitrogen and oxygen atoms in total. The van der Waals surface area contributed by atoms with Gasteiger partial charge in [0, 0.05) is 25.1 Å². The number of hydrogen-bond acceptors (Lipinski definition) is 2. The highest BCUT2D eigenvalue weighted by atomic mass is 16.2. The van der Waals surface area contributed by atoms with Crippen molar-refractivity contribution in [3.8, 4) is 0 Å². The largest absolute Gasteiger partial charge is 0.342 e. The van der Waals surface area contributed by atoms with E-state index >= 15 is 0 Å². The minimum atomic E-state index is 0.133. The first kappa shape index (κ1) is 18.7. The summed E-state index contributed by atoms with van der Waals surface area (Å²) < 4.78 is 0. The van der Waals surface area contributed by atoms with E-state index in [9.17, 15) is 4.79 Å². The van der Waals surface area contributed by atoms with Gasteiger partial charge in [-0.1, -0.05) is 31.4 Å². The summed E-state index contributed by atoms with van der Waals surface area (Å²) in [5.41, 5.74) is 6.55. The van der Waals surface area contributed by atoms with Crippen LogP contribution in [0.25, 0.3) is 11.0 Å². The molecule has 0 spiro atoms. The third-order valence-corrected chi connectivity index (χ3v) is 6.16. The molecule has 1 aromatic heterocycles. The first-order chi connectivity index (χ1) is 13.5. The molecule has 0 aliphatic heterocycles. The van der Waals surface area contributed by atoms with Crippen LogP contribution in [0.3, 0.4) is 0 Å². The molecule has 0 radical (unpaired) electrons. The number of amides is 1. The van der Waals surface area contributed by atoms with Gasteiger partial charge in [-0.25, -0.2) is 4.98 Å². The summed E-state index contributed by atoms with van der Waals surface area (Å²) in [7, 11) is 1.95. The second-order valence-corrected chi connectivity index (χ2v) is 8.22. The Kier molecular flexibility index (Phi) is 5.21. The highest BCUT2D eigenvalue weighted by molar-refractivity contribution is 5.94. The molecule has 1 aliphatic carbocycles. The number of fused-ring (bicyclic) bond motifs is 1. The SMILES string of the molecule is Cc1cc2nc(Cc3ccc(C(=O)N(C)C4CCCCC4)cc3)[nH]c2cc1C. The molecule has 0 unspecified atom stereocenters. The molecule has 0 atom stereocenters. The van der Waals surface area contributed by atoms with Gasteiger partial charge in [0.25, 0.3) is 5.91 Å². The van der Waals surface area contributed by atoms with Gasteiger partial charge in [-0.15, -0.1) is 0 Å². The predicted molar refractivity (Wildman–Crippen MR) is 114 cm³/mol. The maximum Gasteiger partial charge on any atom is 0.253 e. The highest BCUT2D eigenvalue weighted by Gasteiger charge is 2.22. The van der Waals surface area contributed by atoms with Crippen LogP contribution >= 0.6 is 0 Å². The molecule has 1 fully saturated rings. The van der Waals surface area contributed by atoms with Crippen LogP contribution in [-0.4, -0.2) is 33.9 Å². The summed E-state index contributed by atoms with van der Waals surface area (Å²) in [6.07, 6.45) is 6.76. The number of hydrogen-bond donors (Lipinski definition) is 1. The van der Waals surface area contributed by atoms with Gasteiger partial charge in [0.05, 0.1) is 11.0 Å². The lowest BCUT2D eigenvalue weighted by Crippen LogP contribution is -2.38. The molecule has 0 saturated heterocycles. The maximum absolute atomic E-state index is 12.8. The second kappa shape index (κ2) is 7.78. The monoisotopic (exact) mass is 375 g/mol. The lowest BCUT2D eigenvalue weighted by atomic mass is 9.94. The second-order valence-electron chi connectivity index (χ2n) is 8.22.